The van der Waals surface area contributed by atoms with Gasteiger partial charge in [-0.05, 0) is 17.5 Å². The van der Waals surface area contributed by atoms with Gasteiger partial charge in [0, 0.05) is 43.6 Å². The topological polar surface area (TPSA) is 140 Å². The number of Topliss-reactive ketones (excluding diaryl/α,β-unsaturated/α-hetero) is 1. The number of rotatable bonds is 2. The Labute approximate surface area is 189 Å². The number of ketones is 1. The highest BCUT2D eigenvalue weighted by Crippen LogP contribution is 2.31. The van der Waals surface area contributed by atoms with E-state index in [-0.39, 0.29) is 49.5 Å². The fourth-order valence-corrected chi connectivity index (χ4v) is 3.86. The summed E-state index contributed by atoms with van der Waals surface area (Å²) in [5.41, 5.74) is 0.331. The van der Waals surface area contributed by atoms with E-state index in [0.29, 0.717) is 12.1 Å². The summed E-state index contributed by atoms with van der Waals surface area (Å²) in [4.78, 5) is 54.6. The average molecular weight is 450 g/mol. The Morgan fingerprint density at radius 2 is 1.70 bits per heavy atom. The van der Waals surface area contributed by atoms with Crippen molar-refractivity contribution in [2.45, 2.75) is 44.4 Å². The monoisotopic (exact) mass is 450 g/mol. The third-order valence-corrected chi connectivity index (χ3v) is 5.68. The molecule has 1 spiro atoms. The SMILES string of the molecule is O=C1CCCC(=O)C2(CC(c3cccc([N+](=O)[O-])c3)=NO2)C(=O)NCc2cccc(c2)CN1. The lowest BCUT2D eigenvalue weighted by Crippen LogP contribution is -2.52. The minimum atomic E-state index is -1.89. The molecule has 2 aromatic carbocycles. The van der Waals surface area contributed by atoms with Crippen molar-refractivity contribution in [3.63, 3.8) is 0 Å². The van der Waals surface area contributed by atoms with E-state index >= 15 is 0 Å². The summed E-state index contributed by atoms with van der Waals surface area (Å²) in [5.74, 6) is -1.32. The third kappa shape index (κ3) is 4.74. The van der Waals surface area contributed by atoms with Crippen LogP contribution in [0.25, 0.3) is 0 Å². The van der Waals surface area contributed by atoms with Crippen molar-refractivity contribution in [1.29, 1.82) is 0 Å². The summed E-state index contributed by atoms with van der Waals surface area (Å²) in [5, 5.41) is 20.7. The van der Waals surface area contributed by atoms with Crippen LogP contribution < -0.4 is 10.6 Å². The zero-order chi connectivity index (χ0) is 23.4. The summed E-state index contributed by atoms with van der Waals surface area (Å²) in [7, 11) is 0. The van der Waals surface area contributed by atoms with Crippen molar-refractivity contribution in [3.8, 4) is 0 Å². The van der Waals surface area contributed by atoms with Crippen LogP contribution in [0.3, 0.4) is 0 Å². The second-order valence-corrected chi connectivity index (χ2v) is 8.00. The average Bonchev–Trinajstić information content (AvgIpc) is 3.28. The van der Waals surface area contributed by atoms with Crippen molar-refractivity contribution in [1.82, 2.24) is 10.6 Å². The van der Waals surface area contributed by atoms with Gasteiger partial charge in [0.25, 0.3) is 17.2 Å². The molecule has 2 aliphatic heterocycles. The Morgan fingerprint density at radius 3 is 2.45 bits per heavy atom. The number of nitro groups is 1. The van der Waals surface area contributed by atoms with Crippen LogP contribution in [0.1, 0.15) is 42.4 Å². The Morgan fingerprint density at radius 1 is 0.970 bits per heavy atom. The molecule has 2 amide bonds. The van der Waals surface area contributed by atoms with Crippen molar-refractivity contribution >= 4 is 29.0 Å². The molecule has 2 N–H and O–H groups in total. The molecular weight excluding hydrogens is 428 g/mol. The quantitative estimate of drug-likeness (QED) is 0.408. The number of carbonyl (C=O) groups is 3. The molecule has 33 heavy (non-hydrogen) atoms. The first-order valence-electron chi connectivity index (χ1n) is 10.5. The van der Waals surface area contributed by atoms with Gasteiger partial charge in [-0.2, -0.15) is 0 Å². The molecule has 10 heteroatoms. The van der Waals surface area contributed by atoms with E-state index in [9.17, 15) is 24.5 Å². The molecule has 170 valence electrons. The lowest BCUT2D eigenvalue weighted by Gasteiger charge is -2.24. The van der Waals surface area contributed by atoms with Crippen LogP contribution >= 0.6 is 0 Å². The van der Waals surface area contributed by atoms with Gasteiger partial charge in [0.05, 0.1) is 17.1 Å². The molecule has 1 atom stereocenters. The number of amides is 2. The molecule has 0 saturated carbocycles. The standard InChI is InChI=1S/C23H22N4O6/c28-20-8-3-9-21(29)24-13-15-4-1-5-16(10-15)14-25-22(30)23(20)12-19(26-33-23)17-6-2-7-18(11-17)27(31)32/h1-2,4-7,10-11H,3,8-9,12-14H2,(H,24,29)(H,25,30). The molecule has 4 rings (SSSR count). The lowest BCUT2D eigenvalue weighted by atomic mass is 9.86. The number of hydrogen-bond donors (Lipinski definition) is 2. The highest BCUT2D eigenvalue weighted by Gasteiger charge is 2.52. The van der Waals surface area contributed by atoms with Crippen LogP contribution in [-0.4, -0.2) is 33.8 Å². The molecule has 2 heterocycles. The second kappa shape index (κ2) is 9.19. The largest absolute Gasteiger partial charge is 0.370 e. The predicted molar refractivity (Wildman–Crippen MR) is 117 cm³/mol. The third-order valence-electron chi connectivity index (χ3n) is 5.68. The molecule has 2 bridgehead atoms. The van der Waals surface area contributed by atoms with Gasteiger partial charge in [0.15, 0.2) is 5.78 Å². The molecule has 0 aromatic heterocycles. The van der Waals surface area contributed by atoms with E-state index in [0.717, 1.165) is 11.1 Å². The Balaban J connectivity index is 1.61. The van der Waals surface area contributed by atoms with E-state index in [2.05, 4.69) is 15.8 Å². The number of hydrogen-bond acceptors (Lipinski definition) is 7. The zero-order valence-corrected chi connectivity index (χ0v) is 17.7. The maximum atomic E-state index is 13.2. The number of nitrogens with zero attached hydrogens (tertiary/aromatic N) is 2. The van der Waals surface area contributed by atoms with Crippen LogP contribution in [0.2, 0.25) is 0 Å². The van der Waals surface area contributed by atoms with Crippen LogP contribution in [-0.2, 0) is 32.3 Å². The molecule has 0 fully saturated rings. The maximum Gasteiger partial charge on any atom is 0.277 e. The van der Waals surface area contributed by atoms with E-state index in [4.69, 9.17) is 4.84 Å². The summed E-state index contributed by atoms with van der Waals surface area (Å²) in [6.45, 7) is 0.521. The second-order valence-electron chi connectivity index (χ2n) is 8.00. The van der Waals surface area contributed by atoms with Gasteiger partial charge in [0.2, 0.25) is 5.91 Å². The normalized spacial score (nSPS) is 21.5. The molecule has 10 nitrogen and oxygen atoms in total. The highest BCUT2D eigenvalue weighted by atomic mass is 16.7. The van der Waals surface area contributed by atoms with Crippen LogP contribution in [0.4, 0.5) is 5.69 Å². The molecule has 1 unspecified atom stereocenters. The number of oxime groups is 1. The van der Waals surface area contributed by atoms with E-state index in [1.165, 1.54) is 18.2 Å². The fourth-order valence-electron chi connectivity index (χ4n) is 3.86. The zero-order valence-electron chi connectivity index (χ0n) is 17.7. The number of non-ortho nitro benzene ring substituents is 1. The predicted octanol–water partition coefficient (Wildman–Crippen LogP) is 2.14. The highest BCUT2D eigenvalue weighted by molar-refractivity contribution is 6.16. The molecule has 0 radical (unpaired) electrons. The lowest BCUT2D eigenvalue weighted by molar-refractivity contribution is -0.384. The van der Waals surface area contributed by atoms with Crippen molar-refractivity contribution < 1.29 is 24.1 Å². The first-order chi connectivity index (χ1) is 15.9. The van der Waals surface area contributed by atoms with E-state index < -0.39 is 22.2 Å². The number of nitro benzene ring substituents is 1. The summed E-state index contributed by atoms with van der Waals surface area (Å²) < 4.78 is 0. The number of carbonyl (C=O) groups excluding carboxylic acids is 3. The fraction of sp³-hybridized carbons (Fsp3) is 0.304. The molecule has 0 saturated heterocycles. The van der Waals surface area contributed by atoms with Gasteiger partial charge in [-0.1, -0.05) is 41.6 Å². The summed E-state index contributed by atoms with van der Waals surface area (Å²) >= 11 is 0. The van der Waals surface area contributed by atoms with Gasteiger partial charge >= 0.3 is 0 Å². The van der Waals surface area contributed by atoms with Gasteiger partial charge < -0.3 is 15.5 Å². The Bertz CT molecular complexity index is 1160. The smallest absolute Gasteiger partial charge is 0.277 e. The number of fused-ring (bicyclic) bond motifs is 2. The Hall–Kier alpha value is -4.08. The number of nitrogens with one attached hydrogen (secondary N) is 2. The molecule has 2 aromatic rings. The summed E-state index contributed by atoms with van der Waals surface area (Å²) in [6.07, 6.45) is 0.159. The van der Waals surface area contributed by atoms with Gasteiger partial charge in [-0.15, -0.1) is 0 Å². The van der Waals surface area contributed by atoms with Crippen molar-refractivity contribution in [3.05, 3.63) is 75.3 Å². The van der Waals surface area contributed by atoms with Crippen LogP contribution in [0.5, 0.6) is 0 Å². The first-order valence-corrected chi connectivity index (χ1v) is 10.5. The maximum absolute atomic E-state index is 13.2. The molecular formula is C23H22N4O6. The van der Waals surface area contributed by atoms with Gasteiger partial charge in [-0.3, -0.25) is 24.5 Å². The first kappa shape index (κ1) is 22.1. The van der Waals surface area contributed by atoms with E-state index in [1.807, 2.05) is 24.3 Å². The van der Waals surface area contributed by atoms with Crippen molar-refractivity contribution in [2.24, 2.45) is 5.16 Å². The van der Waals surface area contributed by atoms with Gasteiger partial charge in [0.1, 0.15) is 0 Å². The minimum absolute atomic E-state index is 0.0517. The molecule has 0 aliphatic carbocycles. The Kier molecular flexibility index (Phi) is 6.16. The van der Waals surface area contributed by atoms with E-state index in [1.54, 1.807) is 6.07 Å². The van der Waals surface area contributed by atoms with Crippen molar-refractivity contribution in [2.75, 3.05) is 0 Å². The number of benzene rings is 2. The van der Waals surface area contributed by atoms with Gasteiger partial charge in [-0.25, -0.2) is 0 Å². The minimum Gasteiger partial charge on any atom is -0.370 e. The van der Waals surface area contributed by atoms with Crippen LogP contribution in [0, 0.1) is 10.1 Å². The molecule has 2 aliphatic rings. The van der Waals surface area contributed by atoms with Crippen LogP contribution in [0.15, 0.2) is 53.7 Å². The summed E-state index contributed by atoms with van der Waals surface area (Å²) in [6, 6.07) is 13.2.